The first-order valence-corrected chi connectivity index (χ1v) is 7.49. The van der Waals surface area contributed by atoms with E-state index in [-0.39, 0.29) is 5.91 Å². The van der Waals surface area contributed by atoms with Gasteiger partial charge >= 0.3 is 0 Å². The van der Waals surface area contributed by atoms with Gasteiger partial charge in [-0.25, -0.2) is 0 Å². The number of carbonyl (C=O) groups excluding carboxylic acids is 1. The van der Waals surface area contributed by atoms with Crippen molar-refractivity contribution in [3.63, 3.8) is 0 Å². The van der Waals surface area contributed by atoms with E-state index < -0.39 is 0 Å². The van der Waals surface area contributed by atoms with Crippen LogP contribution in [0.5, 0.6) is 0 Å². The molecule has 4 heteroatoms. The molecule has 0 aromatic heterocycles. The minimum Gasteiger partial charge on any atom is -0.375 e. The number of nitrogens with zero attached hydrogens (tertiary/aromatic N) is 1. The molecule has 0 unspecified atom stereocenters. The van der Waals surface area contributed by atoms with Crippen LogP contribution in [0.4, 0.5) is 5.69 Å². The molecular formula is C16H25N3O. The van der Waals surface area contributed by atoms with Crippen LogP contribution in [0.25, 0.3) is 0 Å². The summed E-state index contributed by atoms with van der Waals surface area (Å²) in [6.07, 6.45) is 2.77. The summed E-state index contributed by atoms with van der Waals surface area (Å²) in [6.45, 7) is 3.76. The zero-order valence-electron chi connectivity index (χ0n) is 12.3. The van der Waals surface area contributed by atoms with Crippen LogP contribution in [-0.4, -0.2) is 39.1 Å². The summed E-state index contributed by atoms with van der Waals surface area (Å²) in [5, 5.41) is 6.31. The standard InChI is InChI=1S/C16H25N3O/c1-19(15-6-3-2-4-7-15)11-5-9-18-16(20)12-14-8-10-17-13-14/h2-4,6-7,14,17H,5,8-13H2,1H3,(H,18,20)/t14-/m1/s1. The van der Waals surface area contributed by atoms with Gasteiger partial charge in [-0.05, 0) is 44.0 Å². The molecule has 1 aliphatic heterocycles. The first-order chi connectivity index (χ1) is 9.75. The number of hydrogen-bond donors (Lipinski definition) is 2. The molecule has 1 aromatic carbocycles. The molecule has 0 radical (unpaired) electrons. The fraction of sp³-hybridized carbons (Fsp3) is 0.562. The van der Waals surface area contributed by atoms with E-state index in [0.717, 1.165) is 39.0 Å². The van der Waals surface area contributed by atoms with Gasteiger partial charge in [0.15, 0.2) is 0 Å². The van der Waals surface area contributed by atoms with Crippen molar-refractivity contribution >= 4 is 11.6 Å². The Hall–Kier alpha value is -1.55. The number of benzene rings is 1. The maximum Gasteiger partial charge on any atom is 0.220 e. The highest BCUT2D eigenvalue weighted by molar-refractivity contribution is 5.76. The molecule has 20 heavy (non-hydrogen) atoms. The van der Waals surface area contributed by atoms with E-state index in [1.54, 1.807) is 0 Å². The third-order valence-electron chi connectivity index (χ3n) is 3.83. The SMILES string of the molecule is CN(CCCNC(=O)C[C@H]1CCNC1)c1ccccc1. The molecule has 4 nitrogen and oxygen atoms in total. The zero-order valence-corrected chi connectivity index (χ0v) is 12.3. The van der Waals surface area contributed by atoms with Crippen molar-refractivity contribution < 1.29 is 4.79 Å². The highest BCUT2D eigenvalue weighted by Crippen LogP contribution is 2.12. The molecule has 1 aromatic rings. The minimum atomic E-state index is 0.195. The molecule has 1 saturated heterocycles. The fourth-order valence-corrected chi connectivity index (χ4v) is 2.58. The van der Waals surface area contributed by atoms with Crippen LogP contribution in [0.15, 0.2) is 30.3 Å². The van der Waals surface area contributed by atoms with E-state index >= 15 is 0 Å². The molecule has 1 atom stereocenters. The second kappa shape index (κ2) is 7.90. The molecule has 0 spiro atoms. The summed E-state index contributed by atoms with van der Waals surface area (Å²) in [6, 6.07) is 10.3. The van der Waals surface area contributed by atoms with Gasteiger partial charge in [-0.2, -0.15) is 0 Å². The van der Waals surface area contributed by atoms with E-state index in [1.165, 1.54) is 5.69 Å². The van der Waals surface area contributed by atoms with Gasteiger partial charge in [-0.3, -0.25) is 4.79 Å². The van der Waals surface area contributed by atoms with Gasteiger partial charge in [0.2, 0.25) is 5.91 Å². The summed E-state index contributed by atoms with van der Waals surface area (Å²) in [5.74, 6) is 0.725. The van der Waals surface area contributed by atoms with Crippen LogP contribution in [-0.2, 0) is 4.79 Å². The van der Waals surface area contributed by atoms with Crippen molar-refractivity contribution in [1.82, 2.24) is 10.6 Å². The summed E-state index contributed by atoms with van der Waals surface area (Å²) < 4.78 is 0. The van der Waals surface area contributed by atoms with Crippen molar-refractivity contribution in [3.05, 3.63) is 30.3 Å². The molecule has 1 fully saturated rings. The Morgan fingerprint density at radius 3 is 2.90 bits per heavy atom. The third kappa shape index (κ3) is 4.85. The average molecular weight is 275 g/mol. The van der Waals surface area contributed by atoms with Crippen molar-refractivity contribution in [2.45, 2.75) is 19.3 Å². The van der Waals surface area contributed by atoms with Gasteiger partial charge in [0.1, 0.15) is 0 Å². The maximum atomic E-state index is 11.8. The van der Waals surface area contributed by atoms with Crippen LogP contribution in [0, 0.1) is 5.92 Å². The lowest BCUT2D eigenvalue weighted by atomic mass is 10.0. The monoisotopic (exact) mass is 275 g/mol. The molecule has 1 aliphatic rings. The van der Waals surface area contributed by atoms with Gasteiger partial charge in [-0.1, -0.05) is 18.2 Å². The van der Waals surface area contributed by atoms with E-state index in [2.05, 4.69) is 34.7 Å². The molecule has 1 amide bonds. The molecular weight excluding hydrogens is 250 g/mol. The zero-order chi connectivity index (χ0) is 14.2. The number of hydrogen-bond acceptors (Lipinski definition) is 3. The largest absolute Gasteiger partial charge is 0.375 e. The highest BCUT2D eigenvalue weighted by Gasteiger charge is 2.17. The van der Waals surface area contributed by atoms with Gasteiger partial charge in [0.05, 0.1) is 0 Å². The highest BCUT2D eigenvalue weighted by atomic mass is 16.1. The summed E-state index contributed by atoms with van der Waals surface area (Å²) >= 11 is 0. The number of para-hydroxylation sites is 1. The smallest absolute Gasteiger partial charge is 0.220 e. The maximum absolute atomic E-state index is 11.8. The van der Waals surface area contributed by atoms with Crippen molar-refractivity contribution in [1.29, 1.82) is 0 Å². The Balaban J connectivity index is 1.58. The topological polar surface area (TPSA) is 44.4 Å². The molecule has 110 valence electrons. The number of nitrogens with one attached hydrogen (secondary N) is 2. The second-order valence-corrected chi connectivity index (χ2v) is 5.52. The van der Waals surface area contributed by atoms with Crippen LogP contribution in [0.1, 0.15) is 19.3 Å². The van der Waals surface area contributed by atoms with Crippen molar-refractivity contribution in [2.24, 2.45) is 5.92 Å². The molecule has 0 saturated carbocycles. The Bertz CT molecular complexity index is 401. The Morgan fingerprint density at radius 1 is 1.40 bits per heavy atom. The van der Waals surface area contributed by atoms with Gasteiger partial charge in [0, 0.05) is 32.2 Å². The molecule has 2 rings (SSSR count). The third-order valence-corrected chi connectivity index (χ3v) is 3.83. The number of carbonyl (C=O) groups is 1. The summed E-state index contributed by atoms with van der Waals surface area (Å²) in [4.78, 5) is 14.0. The predicted octanol–water partition coefficient (Wildman–Crippen LogP) is 1.63. The lowest BCUT2D eigenvalue weighted by molar-refractivity contribution is -0.121. The molecule has 0 bridgehead atoms. The minimum absolute atomic E-state index is 0.195. The first kappa shape index (κ1) is 14.9. The number of amides is 1. The average Bonchev–Trinajstić information content (AvgIpc) is 2.97. The van der Waals surface area contributed by atoms with Gasteiger partial charge in [0.25, 0.3) is 0 Å². The van der Waals surface area contributed by atoms with E-state index in [1.807, 2.05) is 18.2 Å². The Morgan fingerprint density at radius 2 is 2.20 bits per heavy atom. The lowest BCUT2D eigenvalue weighted by Gasteiger charge is -2.19. The molecule has 2 N–H and O–H groups in total. The van der Waals surface area contributed by atoms with Crippen molar-refractivity contribution in [3.8, 4) is 0 Å². The first-order valence-electron chi connectivity index (χ1n) is 7.49. The normalized spacial score (nSPS) is 17.9. The van der Waals surface area contributed by atoms with Crippen LogP contribution in [0.2, 0.25) is 0 Å². The fourth-order valence-electron chi connectivity index (χ4n) is 2.58. The summed E-state index contributed by atoms with van der Waals surface area (Å²) in [7, 11) is 2.08. The number of anilines is 1. The van der Waals surface area contributed by atoms with E-state index in [0.29, 0.717) is 12.3 Å². The van der Waals surface area contributed by atoms with Crippen LogP contribution < -0.4 is 15.5 Å². The second-order valence-electron chi connectivity index (χ2n) is 5.52. The van der Waals surface area contributed by atoms with Crippen LogP contribution >= 0.6 is 0 Å². The Kier molecular flexibility index (Phi) is 5.87. The predicted molar refractivity (Wildman–Crippen MR) is 82.9 cm³/mol. The van der Waals surface area contributed by atoms with Crippen LogP contribution in [0.3, 0.4) is 0 Å². The van der Waals surface area contributed by atoms with Gasteiger partial charge in [-0.15, -0.1) is 0 Å². The van der Waals surface area contributed by atoms with Gasteiger partial charge < -0.3 is 15.5 Å². The molecule has 1 heterocycles. The van der Waals surface area contributed by atoms with E-state index in [9.17, 15) is 4.79 Å². The molecule has 0 aliphatic carbocycles. The lowest BCUT2D eigenvalue weighted by Crippen LogP contribution is -2.29. The summed E-state index contributed by atoms with van der Waals surface area (Å²) in [5.41, 5.74) is 1.22. The number of rotatable bonds is 7. The quantitative estimate of drug-likeness (QED) is 0.743. The van der Waals surface area contributed by atoms with E-state index in [4.69, 9.17) is 0 Å². The van der Waals surface area contributed by atoms with Crippen molar-refractivity contribution in [2.75, 3.05) is 38.1 Å². The Labute approximate surface area is 121 Å².